The largest absolute Gasteiger partial charge is 0.378 e. The lowest BCUT2D eigenvalue weighted by Crippen LogP contribution is -2.39. The van der Waals surface area contributed by atoms with Gasteiger partial charge in [-0.15, -0.1) is 0 Å². The third kappa shape index (κ3) is 3.72. The number of anilines is 2. The SMILES string of the molecule is CO[C@@H]1CN(c2ccnc(NCc3cc4ncccc4[nH]3)n2)C[C@@H]1N(C)C. The lowest BCUT2D eigenvalue weighted by molar-refractivity contribution is 0.0639. The Morgan fingerprint density at radius 1 is 1.26 bits per heavy atom. The van der Waals surface area contributed by atoms with E-state index in [9.17, 15) is 0 Å². The number of ether oxygens (including phenoxy) is 1. The minimum Gasteiger partial charge on any atom is -0.378 e. The predicted octanol–water partition coefficient (Wildman–Crippen LogP) is 1.73. The molecule has 3 aromatic heterocycles. The van der Waals surface area contributed by atoms with Crippen molar-refractivity contribution in [1.29, 1.82) is 0 Å². The van der Waals surface area contributed by atoms with E-state index in [0.29, 0.717) is 18.5 Å². The minimum absolute atomic E-state index is 0.172. The van der Waals surface area contributed by atoms with Crippen molar-refractivity contribution >= 4 is 22.8 Å². The zero-order chi connectivity index (χ0) is 18.8. The Kier molecular flexibility index (Phi) is 4.91. The van der Waals surface area contributed by atoms with E-state index in [2.05, 4.69) is 49.1 Å². The van der Waals surface area contributed by atoms with Crippen LogP contribution >= 0.6 is 0 Å². The topological polar surface area (TPSA) is 82.2 Å². The van der Waals surface area contributed by atoms with Crippen molar-refractivity contribution in [2.24, 2.45) is 0 Å². The van der Waals surface area contributed by atoms with E-state index < -0.39 is 0 Å². The number of methoxy groups -OCH3 is 1. The highest BCUT2D eigenvalue weighted by molar-refractivity contribution is 5.75. The standard InChI is InChI=1S/C19H25N7O/c1-25(2)16-11-26(12-17(16)27-3)18-6-8-21-19(24-18)22-10-13-9-15-14(23-13)5-4-7-20-15/h4-9,16-17,23H,10-12H2,1-3H3,(H,21,22,24)/t16-,17+/m0/s1. The lowest BCUT2D eigenvalue weighted by Gasteiger charge is -2.23. The van der Waals surface area contributed by atoms with Crippen LogP contribution in [0.3, 0.4) is 0 Å². The number of likely N-dealkylation sites (N-methyl/N-ethyl adjacent to an activating group) is 1. The number of H-pyrrole nitrogens is 1. The third-order valence-corrected chi connectivity index (χ3v) is 5.05. The Labute approximate surface area is 158 Å². The summed E-state index contributed by atoms with van der Waals surface area (Å²) in [4.78, 5) is 21.2. The molecule has 3 aromatic rings. The molecule has 1 fully saturated rings. The molecule has 4 rings (SSSR count). The highest BCUT2D eigenvalue weighted by Gasteiger charge is 2.34. The summed E-state index contributed by atoms with van der Waals surface area (Å²) in [5.41, 5.74) is 3.04. The van der Waals surface area contributed by atoms with Crippen LogP contribution in [0.1, 0.15) is 5.69 Å². The molecule has 0 unspecified atom stereocenters. The average molecular weight is 367 g/mol. The molecule has 0 aromatic carbocycles. The summed E-state index contributed by atoms with van der Waals surface area (Å²) in [6, 6.07) is 8.27. The maximum absolute atomic E-state index is 5.65. The molecule has 27 heavy (non-hydrogen) atoms. The fourth-order valence-electron chi connectivity index (χ4n) is 3.56. The van der Waals surface area contributed by atoms with Gasteiger partial charge < -0.3 is 24.8 Å². The third-order valence-electron chi connectivity index (χ3n) is 5.05. The van der Waals surface area contributed by atoms with Gasteiger partial charge in [0.05, 0.1) is 29.7 Å². The molecule has 0 aliphatic carbocycles. The lowest BCUT2D eigenvalue weighted by atomic mass is 10.2. The molecule has 4 heterocycles. The van der Waals surface area contributed by atoms with Gasteiger partial charge in [-0.1, -0.05) is 0 Å². The Hall–Kier alpha value is -2.71. The van der Waals surface area contributed by atoms with Crippen LogP contribution in [0.5, 0.6) is 0 Å². The summed E-state index contributed by atoms with van der Waals surface area (Å²) in [5.74, 6) is 1.53. The van der Waals surface area contributed by atoms with Gasteiger partial charge in [0, 0.05) is 38.3 Å². The van der Waals surface area contributed by atoms with Gasteiger partial charge >= 0.3 is 0 Å². The summed E-state index contributed by atoms with van der Waals surface area (Å²) in [7, 11) is 5.94. The molecule has 0 radical (unpaired) electrons. The number of hydrogen-bond donors (Lipinski definition) is 2. The Bertz CT molecular complexity index is 877. The van der Waals surface area contributed by atoms with E-state index in [1.165, 1.54) is 0 Å². The van der Waals surface area contributed by atoms with Crippen molar-refractivity contribution < 1.29 is 4.74 Å². The van der Waals surface area contributed by atoms with Crippen LogP contribution in [-0.4, -0.2) is 71.3 Å². The molecule has 0 spiro atoms. The van der Waals surface area contributed by atoms with Crippen LogP contribution in [0.15, 0.2) is 36.7 Å². The highest BCUT2D eigenvalue weighted by atomic mass is 16.5. The van der Waals surface area contributed by atoms with Gasteiger partial charge in [0.15, 0.2) is 0 Å². The Balaban J connectivity index is 1.44. The molecule has 0 saturated carbocycles. The average Bonchev–Trinajstić information content (AvgIpc) is 3.30. The van der Waals surface area contributed by atoms with Gasteiger partial charge in [-0.2, -0.15) is 4.98 Å². The van der Waals surface area contributed by atoms with Crippen LogP contribution in [0, 0.1) is 0 Å². The van der Waals surface area contributed by atoms with E-state index in [4.69, 9.17) is 4.74 Å². The predicted molar refractivity (Wildman–Crippen MR) is 106 cm³/mol. The number of nitrogens with zero attached hydrogens (tertiary/aromatic N) is 5. The molecule has 0 amide bonds. The van der Waals surface area contributed by atoms with Crippen LogP contribution in [0.2, 0.25) is 0 Å². The summed E-state index contributed by atoms with van der Waals surface area (Å²) in [6.07, 6.45) is 3.76. The van der Waals surface area contributed by atoms with Gasteiger partial charge in [-0.05, 0) is 38.4 Å². The van der Waals surface area contributed by atoms with E-state index in [1.807, 2.05) is 24.3 Å². The smallest absolute Gasteiger partial charge is 0.224 e. The van der Waals surface area contributed by atoms with Crippen molar-refractivity contribution in [2.75, 3.05) is 44.5 Å². The van der Waals surface area contributed by atoms with Crippen molar-refractivity contribution in [1.82, 2.24) is 24.8 Å². The first kappa shape index (κ1) is 17.7. The maximum Gasteiger partial charge on any atom is 0.224 e. The van der Waals surface area contributed by atoms with Crippen LogP contribution in [0.4, 0.5) is 11.8 Å². The number of nitrogens with one attached hydrogen (secondary N) is 2. The molecule has 8 heteroatoms. The molecular formula is C19H25N7O. The van der Waals surface area contributed by atoms with Crippen LogP contribution < -0.4 is 10.2 Å². The molecule has 2 atom stereocenters. The molecule has 2 N–H and O–H groups in total. The summed E-state index contributed by atoms with van der Waals surface area (Å²) >= 11 is 0. The molecule has 1 saturated heterocycles. The van der Waals surface area contributed by atoms with E-state index >= 15 is 0 Å². The van der Waals surface area contributed by atoms with Crippen LogP contribution in [-0.2, 0) is 11.3 Å². The second-order valence-electron chi connectivity index (χ2n) is 7.03. The second kappa shape index (κ2) is 7.50. The number of rotatable bonds is 6. The number of aromatic amines is 1. The van der Waals surface area contributed by atoms with E-state index in [0.717, 1.165) is 35.6 Å². The second-order valence-corrected chi connectivity index (χ2v) is 7.03. The van der Waals surface area contributed by atoms with Crippen molar-refractivity contribution in [3.63, 3.8) is 0 Å². The quantitative estimate of drug-likeness (QED) is 0.686. The van der Waals surface area contributed by atoms with Crippen LogP contribution in [0.25, 0.3) is 11.0 Å². The summed E-state index contributed by atoms with van der Waals surface area (Å²) < 4.78 is 5.65. The first-order chi connectivity index (χ1) is 13.1. The Morgan fingerprint density at radius 2 is 2.15 bits per heavy atom. The van der Waals surface area contributed by atoms with Gasteiger partial charge in [0.25, 0.3) is 0 Å². The summed E-state index contributed by atoms with van der Waals surface area (Å²) in [6.45, 7) is 2.32. The van der Waals surface area contributed by atoms with Crippen molar-refractivity contribution in [2.45, 2.75) is 18.7 Å². The molecule has 142 valence electrons. The van der Waals surface area contributed by atoms with Gasteiger partial charge in [0.2, 0.25) is 5.95 Å². The summed E-state index contributed by atoms with van der Waals surface area (Å²) in [5, 5.41) is 3.30. The number of aromatic nitrogens is 4. The molecule has 1 aliphatic rings. The Morgan fingerprint density at radius 3 is 2.89 bits per heavy atom. The highest BCUT2D eigenvalue weighted by Crippen LogP contribution is 2.23. The van der Waals surface area contributed by atoms with Gasteiger partial charge in [-0.3, -0.25) is 4.98 Å². The molecular weight excluding hydrogens is 342 g/mol. The van der Waals surface area contributed by atoms with Gasteiger partial charge in [0.1, 0.15) is 5.82 Å². The zero-order valence-corrected chi connectivity index (χ0v) is 15.9. The molecule has 8 nitrogen and oxygen atoms in total. The molecule has 0 bridgehead atoms. The first-order valence-electron chi connectivity index (χ1n) is 9.08. The van der Waals surface area contributed by atoms with Gasteiger partial charge in [-0.25, -0.2) is 4.98 Å². The normalized spacial score (nSPS) is 19.9. The fraction of sp³-hybridized carbons (Fsp3) is 0.421. The monoisotopic (exact) mass is 367 g/mol. The number of pyridine rings is 1. The van der Waals surface area contributed by atoms with Crippen molar-refractivity contribution in [3.05, 3.63) is 42.4 Å². The first-order valence-corrected chi connectivity index (χ1v) is 9.08. The number of hydrogen-bond acceptors (Lipinski definition) is 7. The maximum atomic E-state index is 5.65. The van der Waals surface area contributed by atoms with E-state index in [1.54, 1.807) is 19.5 Å². The minimum atomic E-state index is 0.172. The van der Waals surface area contributed by atoms with E-state index in [-0.39, 0.29) is 6.10 Å². The zero-order valence-electron chi connectivity index (χ0n) is 15.9. The molecule has 1 aliphatic heterocycles. The number of fused-ring (bicyclic) bond motifs is 1. The fourth-order valence-corrected chi connectivity index (χ4v) is 3.56. The van der Waals surface area contributed by atoms with Crippen molar-refractivity contribution in [3.8, 4) is 0 Å².